The van der Waals surface area contributed by atoms with Crippen molar-refractivity contribution in [2.75, 3.05) is 0 Å². The summed E-state index contributed by atoms with van der Waals surface area (Å²) in [6.45, 7) is 0. The van der Waals surface area contributed by atoms with Gasteiger partial charge in [-0.25, -0.2) is 0 Å². The number of rotatable bonds is 3. The second-order valence-electron chi connectivity index (χ2n) is 4.84. The van der Waals surface area contributed by atoms with Gasteiger partial charge in [0.1, 0.15) is 0 Å². The van der Waals surface area contributed by atoms with Gasteiger partial charge in [-0.3, -0.25) is 0 Å². The fraction of sp³-hybridized carbons (Fsp3) is 0.0526. The lowest BCUT2D eigenvalue weighted by Crippen LogP contribution is -2.22. The van der Waals surface area contributed by atoms with Gasteiger partial charge in [-0.15, -0.1) is 0 Å². The molecule has 0 saturated heterocycles. The third-order valence-corrected chi connectivity index (χ3v) is 6.50. The van der Waals surface area contributed by atoms with Crippen LogP contribution in [0.3, 0.4) is 0 Å². The molecule has 0 saturated carbocycles. The van der Waals surface area contributed by atoms with Gasteiger partial charge in [-0.1, -0.05) is 96.6 Å². The largest absolute Gasteiger partial charge is 0.0926 e. The highest BCUT2D eigenvalue weighted by atomic mass is 35.5. The average Bonchev–Trinajstić information content (AvgIpc) is 2.58. The van der Waals surface area contributed by atoms with Crippen LogP contribution < -0.4 is 10.6 Å². The van der Waals surface area contributed by atoms with Crippen molar-refractivity contribution in [3.05, 3.63) is 96.1 Å². The van der Waals surface area contributed by atoms with Crippen molar-refractivity contribution < 1.29 is 0 Å². The quantitative estimate of drug-likeness (QED) is 0.719. The predicted molar refractivity (Wildman–Crippen MR) is 95.1 cm³/mol. The fourth-order valence-corrected chi connectivity index (χ4v) is 5.48. The summed E-state index contributed by atoms with van der Waals surface area (Å²) in [5, 5.41) is 2.75. The Bertz CT molecular complexity index is 632. The molecule has 2 heteroatoms. The molecule has 1 atom stereocenters. The summed E-state index contributed by atoms with van der Waals surface area (Å²) in [6, 6.07) is 21.5. The van der Waals surface area contributed by atoms with Crippen LogP contribution in [-0.2, 0) is 0 Å². The predicted octanol–water partition coefficient (Wildman–Crippen LogP) is 4.74. The maximum Gasteiger partial charge on any atom is 0.0313 e. The Morgan fingerprint density at radius 1 is 0.810 bits per heavy atom. The standard InChI is InChI=1S/C19H16ClP/c20-15-16-9-7-8-14-19(16)21(17-10-3-1-4-11-17)18-12-5-2-6-13-18/h1-15,19H. The van der Waals surface area contributed by atoms with E-state index >= 15 is 0 Å². The minimum Gasteiger partial charge on any atom is -0.0926 e. The minimum absolute atomic E-state index is 0.326. The number of hydrogen-bond donors (Lipinski definition) is 0. The molecule has 3 rings (SSSR count). The highest BCUT2D eigenvalue weighted by Crippen LogP contribution is 2.45. The van der Waals surface area contributed by atoms with E-state index in [1.165, 1.54) is 16.2 Å². The van der Waals surface area contributed by atoms with E-state index in [2.05, 4.69) is 78.9 Å². The molecular weight excluding hydrogens is 295 g/mol. The van der Waals surface area contributed by atoms with Crippen molar-refractivity contribution in [1.82, 2.24) is 0 Å². The normalized spacial score (nSPS) is 19.3. The van der Waals surface area contributed by atoms with Crippen molar-refractivity contribution in [2.24, 2.45) is 0 Å². The molecule has 0 N–H and O–H groups in total. The van der Waals surface area contributed by atoms with Crippen LogP contribution in [0.4, 0.5) is 0 Å². The Balaban J connectivity index is 2.09. The van der Waals surface area contributed by atoms with Crippen molar-refractivity contribution in [3.8, 4) is 0 Å². The van der Waals surface area contributed by atoms with Crippen LogP contribution in [-0.4, -0.2) is 5.66 Å². The molecule has 0 nitrogen and oxygen atoms in total. The van der Waals surface area contributed by atoms with Gasteiger partial charge >= 0.3 is 0 Å². The average molecular weight is 311 g/mol. The molecule has 1 unspecified atom stereocenters. The Kier molecular flexibility index (Phi) is 4.70. The van der Waals surface area contributed by atoms with E-state index in [0.29, 0.717) is 5.66 Å². The van der Waals surface area contributed by atoms with Gasteiger partial charge in [0.15, 0.2) is 0 Å². The van der Waals surface area contributed by atoms with Crippen LogP contribution in [0.15, 0.2) is 96.1 Å². The van der Waals surface area contributed by atoms with E-state index in [0.717, 1.165) is 0 Å². The molecule has 0 aromatic heterocycles. The van der Waals surface area contributed by atoms with Crippen LogP contribution in [0.2, 0.25) is 0 Å². The van der Waals surface area contributed by atoms with Crippen LogP contribution in [0.25, 0.3) is 0 Å². The van der Waals surface area contributed by atoms with E-state index in [1.54, 1.807) is 5.54 Å². The zero-order valence-corrected chi connectivity index (χ0v) is 13.2. The van der Waals surface area contributed by atoms with Gasteiger partial charge in [-0.2, -0.15) is 0 Å². The summed E-state index contributed by atoms with van der Waals surface area (Å²) in [5.41, 5.74) is 3.22. The summed E-state index contributed by atoms with van der Waals surface area (Å²) in [5.74, 6) is 0. The topological polar surface area (TPSA) is 0 Å². The minimum atomic E-state index is -0.505. The Morgan fingerprint density at radius 2 is 1.38 bits per heavy atom. The van der Waals surface area contributed by atoms with Gasteiger partial charge in [0.25, 0.3) is 0 Å². The molecule has 0 heterocycles. The maximum absolute atomic E-state index is 6.06. The van der Waals surface area contributed by atoms with Gasteiger partial charge in [-0.05, 0) is 24.1 Å². The van der Waals surface area contributed by atoms with E-state index in [4.69, 9.17) is 11.6 Å². The molecule has 0 bridgehead atoms. The SMILES string of the molecule is ClC=C1C=CC=CC1P(c1ccccc1)c1ccccc1. The summed E-state index contributed by atoms with van der Waals surface area (Å²) >= 11 is 6.06. The Morgan fingerprint density at radius 3 is 1.90 bits per heavy atom. The molecule has 1 aliphatic rings. The van der Waals surface area contributed by atoms with Crippen molar-refractivity contribution in [3.63, 3.8) is 0 Å². The molecule has 104 valence electrons. The monoisotopic (exact) mass is 310 g/mol. The van der Waals surface area contributed by atoms with E-state index in [1.807, 2.05) is 6.08 Å². The molecule has 2 aromatic carbocycles. The molecule has 0 amide bonds. The zero-order valence-electron chi connectivity index (χ0n) is 11.6. The van der Waals surface area contributed by atoms with Crippen LogP contribution in [0.5, 0.6) is 0 Å². The Labute approximate surface area is 132 Å². The highest BCUT2D eigenvalue weighted by molar-refractivity contribution is 7.74. The van der Waals surface area contributed by atoms with Gasteiger partial charge in [0.2, 0.25) is 0 Å². The number of allylic oxidation sites excluding steroid dienone is 5. The summed E-state index contributed by atoms with van der Waals surface area (Å²) < 4.78 is 0. The van der Waals surface area contributed by atoms with Crippen molar-refractivity contribution >= 4 is 30.1 Å². The maximum atomic E-state index is 6.06. The third-order valence-electron chi connectivity index (χ3n) is 3.51. The molecule has 1 aliphatic carbocycles. The van der Waals surface area contributed by atoms with E-state index in [-0.39, 0.29) is 0 Å². The molecule has 2 aromatic rings. The van der Waals surface area contributed by atoms with Gasteiger partial charge in [0.05, 0.1) is 0 Å². The molecule has 0 aliphatic heterocycles. The molecule has 0 radical (unpaired) electrons. The first-order valence-corrected chi connectivity index (χ1v) is 8.79. The van der Waals surface area contributed by atoms with E-state index in [9.17, 15) is 0 Å². The number of hydrogen-bond acceptors (Lipinski definition) is 0. The lowest BCUT2D eigenvalue weighted by molar-refractivity contribution is 1.28. The first-order chi connectivity index (χ1) is 10.4. The van der Waals surface area contributed by atoms with Crippen LogP contribution >= 0.6 is 19.5 Å². The van der Waals surface area contributed by atoms with Crippen LogP contribution in [0.1, 0.15) is 0 Å². The smallest absolute Gasteiger partial charge is 0.0313 e. The highest BCUT2D eigenvalue weighted by Gasteiger charge is 2.25. The molecule has 21 heavy (non-hydrogen) atoms. The summed E-state index contributed by atoms with van der Waals surface area (Å²) in [7, 11) is -0.505. The second kappa shape index (κ2) is 6.89. The molecule has 0 spiro atoms. The van der Waals surface area contributed by atoms with Gasteiger partial charge < -0.3 is 0 Å². The van der Waals surface area contributed by atoms with Crippen molar-refractivity contribution in [1.29, 1.82) is 0 Å². The lowest BCUT2D eigenvalue weighted by atomic mass is 10.1. The first kappa shape index (κ1) is 14.3. The third kappa shape index (κ3) is 3.18. The summed E-state index contributed by atoms with van der Waals surface area (Å²) in [6.07, 6.45) is 8.54. The number of benzene rings is 2. The second-order valence-corrected chi connectivity index (χ2v) is 7.39. The van der Waals surface area contributed by atoms with Crippen molar-refractivity contribution in [2.45, 2.75) is 5.66 Å². The van der Waals surface area contributed by atoms with Gasteiger partial charge in [0, 0.05) is 11.2 Å². The fourth-order valence-electron chi connectivity index (χ4n) is 2.53. The summed E-state index contributed by atoms with van der Waals surface area (Å²) in [4.78, 5) is 0. The van der Waals surface area contributed by atoms with E-state index < -0.39 is 7.92 Å². The molecule has 0 fully saturated rings. The zero-order chi connectivity index (χ0) is 14.5. The first-order valence-electron chi connectivity index (χ1n) is 6.94. The molecular formula is C19H16ClP. The lowest BCUT2D eigenvalue weighted by Gasteiger charge is -2.28. The number of halogens is 1. The Hall–Kier alpha value is -1.62. The van der Waals surface area contributed by atoms with Crippen LogP contribution in [0, 0.1) is 0 Å².